The zero-order valence-corrected chi connectivity index (χ0v) is 16.4. The number of Topliss-reactive ketones (excluding diaryl/α,β-unsaturated/α-hetero) is 1. The molecule has 0 unspecified atom stereocenters. The van der Waals surface area contributed by atoms with Crippen molar-refractivity contribution in [1.82, 2.24) is 19.5 Å². The van der Waals surface area contributed by atoms with Crippen molar-refractivity contribution in [2.75, 3.05) is 19.3 Å². The summed E-state index contributed by atoms with van der Waals surface area (Å²) in [5.74, 6) is 0.0266. The third kappa shape index (κ3) is 3.98. The average molecular weight is 398 g/mol. The quantitative estimate of drug-likeness (QED) is 0.712. The average Bonchev–Trinajstić information content (AvgIpc) is 3.21. The van der Waals surface area contributed by atoms with Gasteiger partial charge >= 0.3 is 0 Å². The molecule has 0 atom stereocenters. The van der Waals surface area contributed by atoms with Crippen LogP contribution in [-0.4, -0.2) is 53.0 Å². The van der Waals surface area contributed by atoms with Gasteiger partial charge in [-0.25, -0.2) is 12.7 Å². The molecule has 3 heterocycles. The molecule has 0 bridgehead atoms. The molecule has 1 aromatic carbocycles. The Balaban J connectivity index is 1.48. The van der Waals surface area contributed by atoms with E-state index in [1.54, 1.807) is 12.4 Å². The summed E-state index contributed by atoms with van der Waals surface area (Å²) in [6.07, 6.45) is 8.05. The Hall–Kier alpha value is -2.58. The van der Waals surface area contributed by atoms with Gasteiger partial charge in [-0.1, -0.05) is 12.1 Å². The van der Waals surface area contributed by atoms with Crippen LogP contribution in [0.25, 0.3) is 21.9 Å². The number of carbonyl (C=O) groups excluding carboxylic acids is 1. The van der Waals surface area contributed by atoms with E-state index in [1.165, 1.54) is 10.6 Å². The molecule has 1 fully saturated rings. The Bertz CT molecular complexity index is 1100. The molecule has 7 nitrogen and oxygen atoms in total. The fourth-order valence-electron chi connectivity index (χ4n) is 3.70. The van der Waals surface area contributed by atoms with Crippen molar-refractivity contribution < 1.29 is 13.2 Å². The van der Waals surface area contributed by atoms with Crippen molar-refractivity contribution in [2.45, 2.75) is 19.3 Å². The molecule has 1 aliphatic heterocycles. The zero-order valence-electron chi connectivity index (χ0n) is 15.6. The van der Waals surface area contributed by atoms with Gasteiger partial charge < -0.3 is 0 Å². The number of ketones is 1. The van der Waals surface area contributed by atoms with Gasteiger partial charge in [0.15, 0.2) is 0 Å². The van der Waals surface area contributed by atoms with Crippen LogP contribution in [0, 0.1) is 5.92 Å². The van der Waals surface area contributed by atoms with Crippen molar-refractivity contribution in [1.29, 1.82) is 0 Å². The smallest absolute Gasteiger partial charge is 0.211 e. The molecule has 1 N–H and O–H groups in total. The lowest BCUT2D eigenvalue weighted by Gasteiger charge is -2.29. The van der Waals surface area contributed by atoms with Gasteiger partial charge in [-0.3, -0.25) is 14.9 Å². The van der Waals surface area contributed by atoms with E-state index in [0.29, 0.717) is 25.9 Å². The maximum absolute atomic E-state index is 12.7. The largest absolute Gasteiger partial charge is 0.299 e. The van der Waals surface area contributed by atoms with E-state index in [9.17, 15) is 13.2 Å². The normalized spacial score (nSPS) is 16.5. The predicted molar refractivity (Wildman–Crippen MR) is 107 cm³/mol. The van der Waals surface area contributed by atoms with Gasteiger partial charge in [0.05, 0.1) is 12.5 Å². The first-order chi connectivity index (χ1) is 13.4. The Morgan fingerprint density at radius 3 is 2.61 bits per heavy atom. The second kappa shape index (κ2) is 7.44. The van der Waals surface area contributed by atoms with Gasteiger partial charge in [-0.05, 0) is 35.9 Å². The summed E-state index contributed by atoms with van der Waals surface area (Å²) >= 11 is 0. The van der Waals surface area contributed by atoms with Crippen LogP contribution in [0.3, 0.4) is 0 Å². The molecule has 1 saturated heterocycles. The first-order valence-corrected chi connectivity index (χ1v) is 11.1. The van der Waals surface area contributed by atoms with Crippen LogP contribution in [0.1, 0.15) is 18.5 Å². The standard InChI is InChI=1S/C20H22N4O3S/c1-28(26,27)24-6-4-14(5-7-24)20(25)10-19-9-17-8-15(18-12-22-23-13-18)2-3-16(17)11-21-19/h2-3,8-9,11-14H,4-7,10H2,1H3,(H,22,23). The Kier molecular flexibility index (Phi) is 4.99. The van der Waals surface area contributed by atoms with Gasteiger partial charge in [-0.2, -0.15) is 5.10 Å². The fraction of sp³-hybridized carbons (Fsp3) is 0.350. The third-order valence-corrected chi connectivity index (χ3v) is 6.65. The molecule has 1 aliphatic rings. The first kappa shape index (κ1) is 18.8. The molecule has 0 amide bonds. The molecule has 0 spiro atoms. The maximum Gasteiger partial charge on any atom is 0.211 e. The number of fused-ring (bicyclic) bond motifs is 1. The number of sulfonamides is 1. The van der Waals surface area contributed by atoms with Crippen LogP contribution in [0.15, 0.2) is 42.9 Å². The van der Waals surface area contributed by atoms with Crippen molar-refractivity contribution in [3.8, 4) is 11.1 Å². The minimum Gasteiger partial charge on any atom is -0.299 e. The fourth-order valence-corrected chi connectivity index (χ4v) is 4.58. The summed E-state index contributed by atoms with van der Waals surface area (Å²) in [5.41, 5.74) is 2.80. The number of hydrogen-bond donors (Lipinski definition) is 1. The highest BCUT2D eigenvalue weighted by Gasteiger charge is 2.28. The lowest BCUT2D eigenvalue weighted by atomic mass is 9.91. The van der Waals surface area contributed by atoms with Crippen LogP contribution in [0.2, 0.25) is 0 Å². The van der Waals surface area contributed by atoms with Crippen LogP contribution in [-0.2, 0) is 21.2 Å². The number of nitrogens with one attached hydrogen (secondary N) is 1. The molecule has 3 aromatic rings. The molecule has 4 rings (SSSR count). The summed E-state index contributed by atoms with van der Waals surface area (Å²) in [7, 11) is -3.18. The highest BCUT2D eigenvalue weighted by molar-refractivity contribution is 7.88. The number of aromatic nitrogens is 3. The van der Waals surface area contributed by atoms with Crippen LogP contribution < -0.4 is 0 Å². The third-order valence-electron chi connectivity index (χ3n) is 5.34. The van der Waals surface area contributed by atoms with Crippen LogP contribution >= 0.6 is 0 Å². The number of H-pyrrole nitrogens is 1. The van der Waals surface area contributed by atoms with E-state index >= 15 is 0 Å². The highest BCUT2D eigenvalue weighted by atomic mass is 32.2. The second-order valence-corrected chi connectivity index (χ2v) is 9.29. The molecule has 28 heavy (non-hydrogen) atoms. The molecule has 0 saturated carbocycles. The number of pyridine rings is 1. The molecule has 0 aliphatic carbocycles. The van der Waals surface area contributed by atoms with E-state index in [1.807, 2.05) is 24.4 Å². The number of piperidine rings is 1. The van der Waals surface area contributed by atoms with E-state index in [-0.39, 0.29) is 18.1 Å². The molecule has 8 heteroatoms. The van der Waals surface area contributed by atoms with Crippen molar-refractivity contribution >= 4 is 26.6 Å². The summed E-state index contributed by atoms with van der Waals surface area (Å²) < 4.78 is 24.7. The SMILES string of the molecule is CS(=O)(=O)N1CCC(C(=O)Cc2cc3cc(-c4cn[nH]c4)ccc3cn2)CC1. The van der Waals surface area contributed by atoms with Gasteiger partial charge in [-0.15, -0.1) is 0 Å². The molecular formula is C20H22N4O3S. The van der Waals surface area contributed by atoms with E-state index in [2.05, 4.69) is 21.2 Å². The van der Waals surface area contributed by atoms with Crippen molar-refractivity contribution in [2.24, 2.45) is 5.92 Å². The van der Waals surface area contributed by atoms with Gasteiger partial charge in [0.1, 0.15) is 5.78 Å². The molecule has 146 valence electrons. The monoisotopic (exact) mass is 398 g/mol. The summed E-state index contributed by atoms with van der Waals surface area (Å²) in [6, 6.07) is 8.06. The van der Waals surface area contributed by atoms with E-state index < -0.39 is 10.0 Å². The number of nitrogens with zero attached hydrogens (tertiary/aromatic N) is 3. The van der Waals surface area contributed by atoms with Gasteiger partial charge in [0.2, 0.25) is 10.0 Å². The Morgan fingerprint density at radius 2 is 1.93 bits per heavy atom. The number of hydrogen-bond acceptors (Lipinski definition) is 5. The number of benzene rings is 1. The number of rotatable bonds is 5. The molecule has 2 aromatic heterocycles. The van der Waals surface area contributed by atoms with Crippen LogP contribution in [0.4, 0.5) is 0 Å². The van der Waals surface area contributed by atoms with Gasteiger partial charge in [0, 0.05) is 54.5 Å². The van der Waals surface area contributed by atoms with Crippen molar-refractivity contribution in [3.05, 3.63) is 48.5 Å². The Morgan fingerprint density at radius 1 is 1.14 bits per heavy atom. The van der Waals surface area contributed by atoms with Crippen LogP contribution in [0.5, 0.6) is 0 Å². The highest BCUT2D eigenvalue weighted by Crippen LogP contribution is 2.25. The minimum atomic E-state index is -3.18. The second-order valence-electron chi connectivity index (χ2n) is 7.30. The van der Waals surface area contributed by atoms with E-state index in [0.717, 1.165) is 27.6 Å². The summed E-state index contributed by atoms with van der Waals surface area (Å²) in [6.45, 7) is 0.822. The first-order valence-electron chi connectivity index (χ1n) is 9.26. The topological polar surface area (TPSA) is 96.0 Å². The number of carbonyl (C=O) groups is 1. The lowest BCUT2D eigenvalue weighted by molar-refractivity contribution is -0.123. The summed E-state index contributed by atoms with van der Waals surface area (Å²) in [4.78, 5) is 17.1. The number of aromatic amines is 1. The zero-order chi connectivity index (χ0) is 19.7. The molecular weight excluding hydrogens is 376 g/mol. The molecule has 0 radical (unpaired) electrons. The van der Waals surface area contributed by atoms with Crippen molar-refractivity contribution in [3.63, 3.8) is 0 Å². The Labute approximate surface area is 163 Å². The van der Waals surface area contributed by atoms with Gasteiger partial charge in [0.25, 0.3) is 0 Å². The maximum atomic E-state index is 12.7. The van der Waals surface area contributed by atoms with E-state index in [4.69, 9.17) is 0 Å². The summed E-state index contributed by atoms with van der Waals surface area (Å²) in [5, 5.41) is 8.85. The predicted octanol–water partition coefficient (Wildman–Crippen LogP) is 2.41. The lowest BCUT2D eigenvalue weighted by Crippen LogP contribution is -2.39. The minimum absolute atomic E-state index is 0.104.